The highest BCUT2D eigenvalue weighted by Crippen LogP contribution is 2.33. The predicted molar refractivity (Wildman–Crippen MR) is 63.1 cm³/mol. The lowest BCUT2D eigenvalue weighted by Gasteiger charge is -2.17. The maximum atomic E-state index is 13.5. The number of ether oxygens (including phenoxy) is 1. The molecule has 0 atom stereocenters. The Hall–Kier alpha value is -0.680. The van der Waals surface area contributed by atoms with E-state index >= 15 is 0 Å². The molecule has 0 aliphatic rings. The van der Waals surface area contributed by atoms with Crippen molar-refractivity contribution < 1.29 is 13.5 Å². The van der Waals surface area contributed by atoms with Crippen molar-refractivity contribution in [1.29, 1.82) is 0 Å². The minimum atomic E-state index is -2.87. The number of hydrogen-bond donors (Lipinski definition) is 1. The predicted octanol–water partition coefficient (Wildman–Crippen LogP) is 3.16. The first-order valence-corrected chi connectivity index (χ1v) is 5.75. The minimum Gasteiger partial charge on any atom is -0.493 e. The van der Waals surface area contributed by atoms with Gasteiger partial charge in [0.15, 0.2) is 0 Å². The molecule has 0 amide bonds. The molecule has 0 unspecified atom stereocenters. The molecule has 0 aromatic heterocycles. The van der Waals surface area contributed by atoms with Gasteiger partial charge in [-0.2, -0.15) is 8.78 Å². The van der Waals surface area contributed by atoms with Crippen LogP contribution in [0.1, 0.15) is 12.5 Å². The molecule has 0 aliphatic carbocycles. The average Bonchev–Trinajstić information content (AvgIpc) is 2.21. The van der Waals surface area contributed by atoms with Gasteiger partial charge < -0.3 is 10.1 Å². The van der Waals surface area contributed by atoms with E-state index < -0.39 is 5.92 Å². The molecular formula is C11H14BrF2NO. The summed E-state index contributed by atoms with van der Waals surface area (Å²) in [4.78, 5) is 0. The fourth-order valence-electron chi connectivity index (χ4n) is 1.32. The van der Waals surface area contributed by atoms with E-state index in [0.717, 1.165) is 0 Å². The molecule has 0 bridgehead atoms. The van der Waals surface area contributed by atoms with Gasteiger partial charge in [-0.25, -0.2) is 0 Å². The second-order valence-electron chi connectivity index (χ2n) is 3.31. The largest absolute Gasteiger partial charge is 0.493 e. The smallest absolute Gasteiger partial charge is 0.285 e. The van der Waals surface area contributed by atoms with Crippen LogP contribution in [0.4, 0.5) is 8.78 Å². The van der Waals surface area contributed by atoms with Crippen LogP contribution in [0.3, 0.4) is 0 Å². The van der Waals surface area contributed by atoms with Crippen molar-refractivity contribution in [2.24, 2.45) is 0 Å². The van der Waals surface area contributed by atoms with Crippen LogP contribution in [0.2, 0.25) is 0 Å². The Balaban J connectivity index is 2.96. The Bertz CT molecular complexity index is 358. The molecule has 0 radical (unpaired) electrons. The van der Waals surface area contributed by atoms with Gasteiger partial charge in [-0.15, -0.1) is 0 Å². The lowest BCUT2D eigenvalue weighted by atomic mass is 10.1. The van der Waals surface area contributed by atoms with Gasteiger partial charge in [-0.3, -0.25) is 0 Å². The standard InChI is InChI=1S/C11H14BrF2NO/c1-3-16-10-5-4-8(6-9(10)12)11(13,14)7-15-2/h4-6,15H,3,7H2,1-2H3. The first-order valence-electron chi connectivity index (χ1n) is 4.96. The van der Waals surface area contributed by atoms with Crippen molar-refractivity contribution in [3.63, 3.8) is 0 Å². The topological polar surface area (TPSA) is 21.3 Å². The highest BCUT2D eigenvalue weighted by Gasteiger charge is 2.30. The van der Waals surface area contributed by atoms with Gasteiger partial charge in [0.05, 0.1) is 17.6 Å². The lowest BCUT2D eigenvalue weighted by molar-refractivity contribution is -0.00135. The van der Waals surface area contributed by atoms with E-state index in [1.807, 2.05) is 6.92 Å². The number of halogens is 3. The number of alkyl halides is 2. The van der Waals surface area contributed by atoms with Crippen LogP contribution in [0.25, 0.3) is 0 Å². The van der Waals surface area contributed by atoms with Gasteiger partial charge in [-0.1, -0.05) is 0 Å². The molecule has 1 aromatic carbocycles. The van der Waals surface area contributed by atoms with E-state index in [9.17, 15) is 8.78 Å². The third-order valence-electron chi connectivity index (χ3n) is 2.05. The third-order valence-corrected chi connectivity index (χ3v) is 2.67. The Morgan fingerprint density at radius 1 is 1.44 bits per heavy atom. The molecule has 5 heteroatoms. The molecule has 0 saturated carbocycles. The second-order valence-corrected chi connectivity index (χ2v) is 4.17. The summed E-state index contributed by atoms with van der Waals surface area (Å²) in [5, 5.41) is 2.47. The zero-order chi connectivity index (χ0) is 12.2. The van der Waals surface area contributed by atoms with E-state index in [0.29, 0.717) is 16.8 Å². The van der Waals surface area contributed by atoms with Gasteiger partial charge in [-0.05, 0) is 48.1 Å². The SMILES string of the molecule is CCOc1ccc(C(F)(F)CNC)cc1Br. The zero-order valence-corrected chi connectivity index (χ0v) is 10.8. The summed E-state index contributed by atoms with van der Waals surface area (Å²) < 4.78 is 32.9. The third kappa shape index (κ3) is 3.15. The van der Waals surface area contributed by atoms with E-state index in [2.05, 4.69) is 21.2 Å². The normalized spacial score (nSPS) is 11.6. The Morgan fingerprint density at radius 2 is 2.12 bits per heavy atom. The minimum absolute atomic E-state index is 0.0304. The van der Waals surface area contributed by atoms with Crippen LogP contribution < -0.4 is 10.1 Å². The maximum Gasteiger partial charge on any atom is 0.285 e. The highest BCUT2D eigenvalue weighted by molar-refractivity contribution is 9.10. The zero-order valence-electron chi connectivity index (χ0n) is 9.19. The Labute approximate surface area is 102 Å². The molecule has 2 nitrogen and oxygen atoms in total. The average molecular weight is 294 g/mol. The van der Waals surface area contributed by atoms with Gasteiger partial charge in [0.1, 0.15) is 5.75 Å². The van der Waals surface area contributed by atoms with Crippen LogP contribution in [-0.4, -0.2) is 20.2 Å². The molecule has 1 N–H and O–H groups in total. The molecule has 0 heterocycles. The van der Waals surface area contributed by atoms with Crippen molar-refractivity contribution in [2.75, 3.05) is 20.2 Å². The molecule has 0 fully saturated rings. The van der Waals surface area contributed by atoms with Gasteiger partial charge in [0.25, 0.3) is 5.92 Å². The van der Waals surface area contributed by atoms with Crippen LogP contribution in [0, 0.1) is 0 Å². The van der Waals surface area contributed by atoms with Crippen molar-refractivity contribution in [3.05, 3.63) is 28.2 Å². The molecule has 90 valence electrons. The fraction of sp³-hybridized carbons (Fsp3) is 0.455. The molecular weight excluding hydrogens is 280 g/mol. The summed E-state index contributed by atoms with van der Waals surface area (Å²) in [6.45, 7) is 1.97. The van der Waals surface area contributed by atoms with Crippen molar-refractivity contribution >= 4 is 15.9 Å². The van der Waals surface area contributed by atoms with E-state index in [-0.39, 0.29) is 12.1 Å². The van der Waals surface area contributed by atoms with Gasteiger partial charge in [0, 0.05) is 5.56 Å². The van der Waals surface area contributed by atoms with Crippen molar-refractivity contribution in [2.45, 2.75) is 12.8 Å². The summed E-state index contributed by atoms with van der Waals surface area (Å²) in [5.41, 5.74) is -0.0304. The molecule has 1 aromatic rings. The molecule has 16 heavy (non-hydrogen) atoms. The number of benzene rings is 1. The molecule has 0 spiro atoms. The first kappa shape index (κ1) is 13.4. The van der Waals surface area contributed by atoms with Gasteiger partial charge in [0.2, 0.25) is 0 Å². The summed E-state index contributed by atoms with van der Waals surface area (Å²) in [6.07, 6.45) is 0. The quantitative estimate of drug-likeness (QED) is 0.900. The van der Waals surface area contributed by atoms with E-state index in [4.69, 9.17) is 4.74 Å². The van der Waals surface area contributed by atoms with E-state index in [1.165, 1.54) is 19.2 Å². The summed E-state index contributed by atoms with van der Waals surface area (Å²) >= 11 is 3.21. The number of rotatable bonds is 5. The number of likely N-dealkylation sites (N-methyl/N-ethyl adjacent to an activating group) is 1. The van der Waals surface area contributed by atoms with Crippen molar-refractivity contribution in [3.8, 4) is 5.75 Å². The summed E-state index contributed by atoms with van der Waals surface area (Å²) in [6, 6.07) is 4.32. The molecule has 1 rings (SSSR count). The maximum absolute atomic E-state index is 13.5. The highest BCUT2D eigenvalue weighted by atomic mass is 79.9. The van der Waals surface area contributed by atoms with Gasteiger partial charge >= 0.3 is 0 Å². The van der Waals surface area contributed by atoms with Crippen LogP contribution >= 0.6 is 15.9 Å². The number of nitrogens with one attached hydrogen (secondary N) is 1. The fourth-order valence-corrected chi connectivity index (χ4v) is 1.82. The molecule has 0 saturated heterocycles. The summed E-state index contributed by atoms with van der Waals surface area (Å²) in [7, 11) is 1.50. The van der Waals surface area contributed by atoms with Crippen LogP contribution in [0.15, 0.2) is 22.7 Å². The van der Waals surface area contributed by atoms with Crippen LogP contribution in [0.5, 0.6) is 5.75 Å². The first-order chi connectivity index (χ1) is 7.51. The van der Waals surface area contributed by atoms with E-state index in [1.54, 1.807) is 6.07 Å². The Morgan fingerprint density at radius 3 is 2.62 bits per heavy atom. The second kappa shape index (κ2) is 5.59. The number of hydrogen-bond acceptors (Lipinski definition) is 2. The molecule has 0 aliphatic heterocycles. The Kier molecular flexibility index (Phi) is 4.68. The monoisotopic (exact) mass is 293 g/mol. The van der Waals surface area contributed by atoms with Crippen molar-refractivity contribution in [1.82, 2.24) is 5.32 Å². The summed E-state index contributed by atoms with van der Waals surface area (Å²) in [5.74, 6) is -2.30. The lowest BCUT2D eigenvalue weighted by Crippen LogP contribution is -2.28. The van der Waals surface area contributed by atoms with Crippen LogP contribution in [-0.2, 0) is 5.92 Å².